The second kappa shape index (κ2) is 20.5. The molecule has 5 heterocycles. The molecule has 16 heteroatoms. The van der Waals surface area contributed by atoms with Crippen molar-refractivity contribution in [2.24, 2.45) is 0 Å². The van der Waals surface area contributed by atoms with E-state index >= 15 is 0 Å². The standard InChI is InChI=1S/C53H60F2N8O6/c1-31-18-26-45(51(66)57-31)63-52(67)38-13-11-14-41(49(38)53(63)68)56-28-10-8-6-4-5-7-9-16-46(64)58-35-20-22-36(23-21-35)62-43-27-19-34(48-32(2)60-69-33(48)3)29-42(43)59-50(62)44-15-12-17-47(65)61(44)37-24-25-39(54)40(55)30-37/h11,13-14,19,24-25,27,29-30,35-36,44-45,56H,1,4-10,12,15-18,20-23,26,28H2,2-3H3,(H,57,66)(H,58,64)/t35?,36?,44-,45?/m0/s1. The van der Waals surface area contributed by atoms with Gasteiger partial charge in [0.05, 0.1) is 33.9 Å². The summed E-state index contributed by atoms with van der Waals surface area (Å²) in [5.74, 6) is -1.93. The summed E-state index contributed by atoms with van der Waals surface area (Å²) in [6.07, 6.45) is 12.9. The molecule has 3 N–H and O–H groups in total. The molecule has 0 spiro atoms. The second-order valence-corrected chi connectivity index (χ2v) is 19.1. The van der Waals surface area contributed by atoms with Crippen LogP contribution in [0.25, 0.3) is 22.2 Å². The average molecular weight is 943 g/mol. The van der Waals surface area contributed by atoms with Gasteiger partial charge in [0.25, 0.3) is 11.8 Å². The van der Waals surface area contributed by atoms with Crippen molar-refractivity contribution in [2.45, 2.75) is 147 Å². The number of carbonyl (C=O) groups excluding carboxylic acids is 5. The number of aromatic nitrogens is 3. The molecule has 1 saturated carbocycles. The maximum atomic E-state index is 14.6. The van der Waals surface area contributed by atoms with Crippen molar-refractivity contribution in [1.82, 2.24) is 30.2 Å². The molecule has 14 nitrogen and oxygen atoms in total. The maximum Gasteiger partial charge on any atom is 0.264 e. The Morgan fingerprint density at radius 3 is 2.32 bits per heavy atom. The number of allylic oxidation sites excluding steroid dienone is 1. The lowest BCUT2D eigenvalue weighted by Crippen LogP contribution is -2.51. The highest BCUT2D eigenvalue weighted by Crippen LogP contribution is 2.42. The van der Waals surface area contributed by atoms with E-state index in [-0.39, 0.29) is 29.8 Å². The monoisotopic (exact) mass is 942 g/mol. The molecular weight excluding hydrogens is 883 g/mol. The summed E-state index contributed by atoms with van der Waals surface area (Å²) < 4.78 is 36.4. The van der Waals surface area contributed by atoms with Crippen LogP contribution in [-0.2, 0) is 14.4 Å². The molecule has 3 fully saturated rings. The molecule has 362 valence electrons. The zero-order valence-corrected chi connectivity index (χ0v) is 39.4. The summed E-state index contributed by atoms with van der Waals surface area (Å²) in [6, 6.07) is 13.7. The number of anilines is 2. The summed E-state index contributed by atoms with van der Waals surface area (Å²) in [5.41, 5.74) is 6.42. The first-order chi connectivity index (χ1) is 33.4. The number of amides is 5. The fourth-order valence-corrected chi connectivity index (χ4v) is 10.9. The van der Waals surface area contributed by atoms with E-state index in [2.05, 4.69) is 38.3 Å². The number of nitrogens with one attached hydrogen (secondary N) is 3. The number of benzene rings is 3. The number of carbonyl (C=O) groups is 5. The molecule has 2 aromatic heterocycles. The summed E-state index contributed by atoms with van der Waals surface area (Å²) in [6.45, 7) is 8.22. The first-order valence-corrected chi connectivity index (χ1v) is 24.6. The van der Waals surface area contributed by atoms with Gasteiger partial charge >= 0.3 is 0 Å². The molecule has 9 rings (SSSR count). The number of aryl methyl sites for hydroxylation is 2. The fourth-order valence-electron chi connectivity index (χ4n) is 10.9. The lowest BCUT2D eigenvalue weighted by atomic mass is 9.90. The lowest BCUT2D eigenvalue weighted by molar-refractivity contribution is -0.125. The zero-order valence-electron chi connectivity index (χ0n) is 39.4. The Morgan fingerprint density at radius 2 is 1.58 bits per heavy atom. The number of fused-ring (bicyclic) bond motifs is 2. The number of unbranched alkanes of at least 4 members (excludes halogenated alkanes) is 6. The topological polar surface area (TPSA) is 172 Å². The minimum atomic E-state index is -1.01. The Morgan fingerprint density at radius 1 is 0.812 bits per heavy atom. The van der Waals surface area contributed by atoms with Gasteiger partial charge in [-0.25, -0.2) is 13.8 Å². The lowest BCUT2D eigenvalue weighted by Gasteiger charge is -2.37. The summed E-state index contributed by atoms with van der Waals surface area (Å²) in [7, 11) is 0. The van der Waals surface area contributed by atoms with Gasteiger partial charge in [-0.15, -0.1) is 0 Å². The van der Waals surface area contributed by atoms with Crippen molar-refractivity contribution >= 4 is 51.9 Å². The Bertz CT molecular complexity index is 2790. The molecule has 1 aliphatic carbocycles. The molecule has 1 unspecified atom stereocenters. The largest absolute Gasteiger partial charge is 0.384 e. The van der Waals surface area contributed by atoms with E-state index in [1.54, 1.807) is 23.1 Å². The maximum absolute atomic E-state index is 14.6. The molecule has 2 saturated heterocycles. The van der Waals surface area contributed by atoms with E-state index in [0.717, 1.165) is 116 Å². The number of imidazole rings is 1. The van der Waals surface area contributed by atoms with E-state index in [9.17, 15) is 32.8 Å². The van der Waals surface area contributed by atoms with Crippen LogP contribution in [0.4, 0.5) is 20.2 Å². The van der Waals surface area contributed by atoms with E-state index < -0.39 is 35.5 Å². The number of hydrogen-bond acceptors (Lipinski definition) is 9. The first kappa shape index (κ1) is 47.4. The third kappa shape index (κ3) is 9.80. The molecule has 4 aliphatic rings. The van der Waals surface area contributed by atoms with Gasteiger partial charge in [-0.05, 0) is 120 Å². The van der Waals surface area contributed by atoms with Crippen molar-refractivity contribution in [1.29, 1.82) is 0 Å². The Balaban J connectivity index is 0.741. The van der Waals surface area contributed by atoms with Crippen LogP contribution in [0.3, 0.4) is 0 Å². The van der Waals surface area contributed by atoms with Gasteiger partial charge in [0.15, 0.2) is 11.6 Å². The van der Waals surface area contributed by atoms with Gasteiger partial charge in [0.1, 0.15) is 17.6 Å². The van der Waals surface area contributed by atoms with Crippen LogP contribution >= 0.6 is 0 Å². The molecule has 0 bridgehead atoms. The van der Waals surface area contributed by atoms with Crippen molar-refractivity contribution in [2.75, 3.05) is 16.8 Å². The molecular formula is C53H60F2N8O6. The quantitative estimate of drug-likeness (QED) is 0.0606. The van der Waals surface area contributed by atoms with Gasteiger partial charge in [-0.1, -0.05) is 56.0 Å². The predicted molar refractivity (Wildman–Crippen MR) is 257 cm³/mol. The normalized spacial score (nSPS) is 20.7. The fraction of sp³-hybridized carbons (Fsp3) is 0.453. The van der Waals surface area contributed by atoms with E-state index in [0.29, 0.717) is 84.9 Å². The number of rotatable bonds is 17. The van der Waals surface area contributed by atoms with Crippen LogP contribution in [-0.4, -0.2) is 67.8 Å². The Hall–Kier alpha value is -6.71. The van der Waals surface area contributed by atoms with Gasteiger partial charge in [-0.2, -0.15) is 0 Å². The number of hydrogen-bond donors (Lipinski definition) is 3. The van der Waals surface area contributed by atoms with Crippen LogP contribution in [0.1, 0.15) is 159 Å². The summed E-state index contributed by atoms with van der Waals surface area (Å²) in [5, 5.41) is 13.5. The van der Waals surface area contributed by atoms with Gasteiger partial charge in [-0.3, -0.25) is 28.9 Å². The van der Waals surface area contributed by atoms with Crippen molar-refractivity contribution in [3.63, 3.8) is 0 Å². The summed E-state index contributed by atoms with van der Waals surface area (Å²) >= 11 is 0. The van der Waals surface area contributed by atoms with Crippen LogP contribution < -0.4 is 20.9 Å². The SMILES string of the molecule is C=C1CCC(N2C(=O)c3cccc(NCCCCCCCCCC(=O)NC4CCC(n5c([C@@H]6CCCC(=O)N6c6ccc(F)c(F)c6)nc6cc(-c7c(C)noc7C)ccc65)CC4)c3C2=O)C(=O)N1. The Kier molecular flexibility index (Phi) is 14.1. The van der Waals surface area contributed by atoms with E-state index in [4.69, 9.17) is 9.51 Å². The highest BCUT2D eigenvalue weighted by molar-refractivity contribution is 6.25. The van der Waals surface area contributed by atoms with E-state index in [1.807, 2.05) is 26.0 Å². The number of nitrogens with zero attached hydrogens (tertiary/aromatic N) is 5. The molecule has 3 aliphatic heterocycles. The molecule has 5 aromatic rings. The average Bonchev–Trinajstić information content (AvgIpc) is 3.97. The van der Waals surface area contributed by atoms with E-state index in [1.165, 1.54) is 6.07 Å². The molecule has 2 atom stereocenters. The van der Waals surface area contributed by atoms with Crippen molar-refractivity contribution in [3.05, 3.63) is 107 Å². The van der Waals surface area contributed by atoms with Gasteiger partial charge < -0.3 is 29.9 Å². The van der Waals surface area contributed by atoms with Crippen LogP contribution in [0.15, 0.2) is 71.4 Å². The molecule has 0 radical (unpaired) electrons. The van der Waals surface area contributed by atoms with Crippen LogP contribution in [0, 0.1) is 25.5 Å². The molecule has 69 heavy (non-hydrogen) atoms. The molecule has 3 aromatic carbocycles. The van der Waals surface area contributed by atoms with Crippen molar-refractivity contribution in [3.8, 4) is 11.1 Å². The van der Waals surface area contributed by atoms with Gasteiger partial charge in [0, 0.05) is 60.2 Å². The highest BCUT2D eigenvalue weighted by atomic mass is 19.2. The minimum absolute atomic E-state index is 0.0429. The van der Waals surface area contributed by atoms with Gasteiger partial charge in [0.2, 0.25) is 17.7 Å². The third-order valence-corrected chi connectivity index (χ3v) is 14.4. The Labute approximate surface area is 400 Å². The summed E-state index contributed by atoms with van der Waals surface area (Å²) in [4.78, 5) is 73.9. The van der Waals surface area contributed by atoms with Crippen molar-refractivity contribution < 1.29 is 37.3 Å². The predicted octanol–water partition coefficient (Wildman–Crippen LogP) is 10.1. The third-order valence-electron chi connectivity index (χ3n) is 14.4. The zero-order chi connectivity index (χ0) is 48.3. The van der Waals surface area contributed by atoms with Crippen LogP contribution in [0.2, 0.25) is 0 Å². The number of piperidine rings is 2. The number of halogens is 2. The highest BCUT2D eigenvalue weighted by Gasteiger charge is 2.45. The van der Waals surface area contributed by atoms with Crippen LogP contribution in [0.5, 0.6) is 0 Å². The minimum Gasteiger partial charge on any atom is -0.384 e. The smallest absolute Gasteiger partial charge is 0.264 e. The number of imide groups is 1. The second-order valence-electron chi connectivity index (χ2n) is 19.1. The first-order valence-electron chi connectivity index (χ1n) is 24.6. The molecule has 5 amide bonds.